The van der Waals surface area contributed by atoms with Crippen LogP contribution in [-0.2, 0) is 7.05 Å². The lowest BCUT2D eigenvalue weighted by molar-refractivity contribution is 0.720. The summed E-state index contributed by atoms with van der Waals surface area (Å²) in [6.07, 6.45) is 3.76. The summed E-state index contributed by atoms with van der Waals surface area (Å²) in [7, 11) is 1.96. The van der Waals surface area contributed by atoms with Crippen LogP contribution in [0, 0.1) is 6.92 Å². The zero-order chi connectivity index (χ0) is 11.0. The first kappa shape index (κ1) is 9.96. The van der Waals surface area contributed by atoms with Gasteiger partial charge in [0.2, 0.25) is 0 Å². The highest BCUT2D eigenvalue weighted by atomic mass is 15.3. The van der Waals surface area contributed by atoms with E-state index in [1.165, 1.54) is 5.69 Å². The second kappa shape index (κ2) is 3.53. The smallest absolute Gasteiger partial charge is 0.171 e. The molecule has 2 aromatic rings. The number of hydrogen-bond acceptors (Lipinski definition) is 2. The van der Waals surface area contributed by atoms with Crippen molar-refractivity contribution in [2.75, 3.05) is 0 Å². The van der Waals surface area contributed by atoms with E-state index in [0.717, 1.165) is 11.5 Å². The molecule has 0 amide bonds. The molecule has 0 fully saturated rings. The van der Waals surface area contributed by atoms with Crippen LogP contribution in [0.4, 0.5) is 0 Å². The Labute approximate surface area is 89.6 Å². The zero-order valence-electron chi connectivity index (χ0n) is 9.60. The van der Waals surface area contributed by atoms with Gasteiger partial charge < -0.3 is 4.57 Å². The molecule has 0 atom stereocenters. The highest BCUT2D eigenvalue weighted by molar-refractivity contribution is 5.25. The van der Waals surface area contributed by atoms with Gasteiger partial charge in [0.05, 0.1) is 12.0 Å². The van der Waals surface area contributed by atoms with Gasteiger partial charge in [-0.25, -0.2) is 9.67 Å². The Morgan fingerprint density at radius 1 is 1.33 bits per heavy atom. The van der Waals surface area contributed by atoms with Crippen LogP contribution in [0.5, 0.6) is 0 Å². The summed E-state index contributed by atoms with van der Waals surface area (Å²) >= 11 is 0. The van der Waals surface area contributed by atoms with Crippen molar-refractivity contribution in [2.24, 2.45) is 7.05 Å². The number of imidazole rings is 1. The molecule has 0 unspecified atom stereocenters. The number of hydrogen-bond donors (Lipinski definition) is 0. The first-order valence-electron chi connectivity index (χ1n) is 5.13. The van der Waals surface area contributed by atoms with E-state index >= 15 is 0 Å². The molecule has 4 heteroatoms. The molecule has 0 N–H and O–H groups in total. The molecule has 0 spiro atoms. The van der Waals surface area contributed by atoms with Crippen LogP contribution in [0.25, 0.3) is 5.82 Å². The van der Waals surface area contributed by atoms with Crippen LogP contribution in [0.15, 0.2) is 18.6 Å². The number of nitrogens with zero attached hydrogens (tertiary/aromatic N) is 4. The summed E-state index contributed by atoms with van der Waals surface area (Å²) in [6, 6.07) is 2.11. The highest BCUT2D eigenvalue weighted by Crippen LogP contribution is 2.18. The van der Waals surface area contributed by atoms with Gasteiger partial charge in [-0.15, -0.1) is 0 Å². The van der Waals surface area contributed by atoms with Crippen LogP contribution in [-0.4, -0.2) is 19.3 Å². The molecular weight excluding hydrogens is 188 g/mol. The normalized spacial score (nSPS) is 11.3. The van der Waals surface area contributed by atoms with E-state index in [2.05, 4.69) is 30.0 Å². The van der Waals surface area contributed by atoms with Crippen molar-refractivity contribution in [1.82, 2.24) is 19.3 Å². The van der Waals surface area contributed by atoms with E-state index in [4.69, 9.17) is 0 Å². The van der Waals surface area contributed by atoms with Crippen molar-refractivity contribution in [1.29, 1.82) is 0 Å². The van der Waals surface area contributed by atoms with Crippen molar-refractivity contribution < 1.29 is 0 Å². The van der Waals surface area contributed by atoms with Gasteiger partial charge in [0.15, 0.2) is 5.82 Å². The molecule has 0 aliphatic carbocycles. The second-order valence-electron chi connectivity index (χ2n) is 4.17. The minimum absolute atomic E-state index is 0.452. The largest absolute Gasteiger partial charge is 0.338 e. The van der Waals surface area contributed by atoms with E-state index < -0.39 is 0 Å². The topological polar surface area (TPSA) is 35.6 Å². The van der Waals surface area contributed by atoms with Gasteiger partial charge >= 0.3 is 0 Å². The van der Waals surface area contributed by atoms with Gasteiger partial charge in [0, 0.05) is 18.9 Å². The fraction of sp³-hybridized carbons (Fsp3) is 0.455. The van der Waals surface area contributed by atoms with Gasteiger partial charge in [0.1, 0.15) is 0 Å². The maximum Gasteiger partial charge on any atom is 0.171 e. The van der Waals surface area contributed by atoms with Crippen LogP contribution in [0.1, 0.15) is 31.2 Å². The molecule has 15 heavy (non-hydrogen) atoms. The summed E-state index contributed by atoms with van der Waals surface area (Å²) in [6.45, 7) is 6.33. The Bertz CT molecular complexity index is 465. The van der Waals surface area contributed by atoms with Crippen molar-refractivity contribution in [3.8, 4) is 5.82 Å². The lowest BCUT2D eigenvalue weighted by Gasteiger charge is -2.06. The lowest BCUT2D eigenvalue weighted by Crippen LogP contribution is -2.03. The van der Waals surface area contributed by atoms with E-state index in [-0.39, 0.29) is 0 Å². The summed E-state index contributed by atoms with van der Waals surface area (Å²) in [4.78, 5) is 4.31. The van der Waals surface area contributed by atoms with Crippen LogP contribution >= 0.6 is 0 Å². The fourth-order valence-electron chi connectivity index (χ4n) is 1.62. The molecule has 2 aromatic heterocycles. The summed E-state index contributed by atoms with van der Waals surface area (Å²) < 4.78 is 3.84. The molecule has 0 saturated carbocycles. The zero-order valence-corrected chi connectivity index (χ0v) is 9.60. The van der Waals surface area contributed by atoms with Crippen molar-refractivity contribution in [3.05, 3.63) is 30.0 Å². The average Bonchev–Trinajstić information content (AvgIpc) is 2.71. The van der Waals surface area contributed by atoms with Gasteiger partial charge in [-0.05, 0) is 18.9 Å². The van der Waals surface area contributed by atoms with Crippen molar-refractivity contribution >= 4 is 0 Å². The van der Waals surface area contributed by atoms with Crippen LogP contribution in [0.2, 0.25) is 0 Å². The Hall–Kier alpha value is -1.58. The van der Waals surface area contributed by atoms with Gasteiger partial charge in [-0.3, -0.25) is 0 Å². The Kier molecular flexibility index (Phi) is 2.34. The fourth-order valence-corrected chi connectivity index (χ4v) is 1.62. The molecular formula is C11H16N4. The Morgan fingerprint density at radius 3 is 2.60 bits per heavy atom. The van der Waals surface area contributed by atoms with Crippen molar-refractivity contribution in [3.63, 3.8) is 0 Å². The van der Waals surface area contributed by atoms with E-state index in [9.17, 15) is 0 Å². The molecule has 0 aliphatic heterocycles. The predicted molar refractivity (Wildman–Crippen MR) is 59.2 cm³/mol. The molecule has 2 rings (SSSR count). The highest BCUT2D eigenvalue weighted by Gasteiger charge is 2.12. The maximum atomic E-state index is 4.46. The summed E-state index contributed by atoms with van der Waals surface area (Å²) in [5.41, 5.74) is 2.23. The monoisotopic (exact) mass is 204 g/mol. The first-order valence-corrected chi connectivity index (χ1v) is 5.13. The average molecular weight is 204 g/mol. The number of aryl methyl sites for hydroxylation is 2. The third-order valence-electron chi connectivity index (χ3n) is 2.36. The van der Waals surface area contributed by atoms with E-state index in [1.54, 1.807) is 6.33 Å². The Morgan fingerprint density at radius 2 is 2.07 bits per heavy atom. The van der Waals surface area contributed by atoms with Crippen LogP contribution < -0.4 is 0 Å². The minimum Gasteiger partial charge on any atom is -0.338 e. The number of rotatable bonds is 2. The van der Waals surface area contributed by atoms with E-state index in [0.29, 0.717) is 5.92 Å². The molecule has 0 aliphatic rings. The SMILES string of the molecule is Cc1cc(C(C)C)n(-c2cn(C)cn2)n1. The van der Waals surface area contributed by atoms with E-state index in [1.807, 2.05) is 29.4 Å². The molecule has 0 saturated heterocycles. The Balaban J connectivity index is 2.52. The predicted octanol–water partition coefficient (Wildman–Crippen LogP) is 2.04. The molecule has 80 valence electrons. The molecule has 0 aromatic carbocycles. The summed E-state index contributed by atoms with van der Waals surface area (Å²) in [5, 5.41) is 4.46. The molecule has 0 radical (unpaired) electrons. The molecule has 4 nitrogen and oxygen atoms in total. The first-order chi connectivity index (χ1) is 7.08. The van der Waals surface area contributed by atoms with Gasteiger partial charge in [-0.2, -0.15) is 5.10 Å². The standard InChI is InChI=1S/C11H16N4/c1-8(2)10-5-9(3)13-15(10)11-6-14(4)7-12-11/h5-8H,1-4H3. The third-order valence-corrected chi connectivity index (χ3v) is 2.36. The second-order valence-corrected chi connectivity index (χ2v) is 4.17. The molecule has 2 heterocycles. The van der Waals surface area contributed by atoms with Crippen LogP contribution in [0.3, 0.4) is 0 Å². The maximum absolute atomic E-state index is 4.46. The minimum atomic E-state index is 0.452. The lowest BCUT2D eigenvalue weighted by atomic mass is 10.1. The van der Waals surface area contributed by atoms with Gasteiger partial charge in [-0.1, -0.05) is 13.8 Å². The quantitative estimate of drug-likeness (QED) is 0.750. The van der Waals surface area contributed by atoms with Crippen molar-refractivity contribution in [2.45, 2.75) is 26.7 Å². The summed E-state index contributed by atoms with van der Waals surface area (Å²) in [5.74, 6) is 1.34. The van der Waals surface area contributed by atoms with Gasteiger partial charge in [0.25, 0.3) is 0 Å². The third kappa shape index (κ3) is 1.79. The molecule has 0 bridgehead atoms. The number of aromatic nitrogens is 4.